The maximum absolute atomic E-state index is 12.4. The summed E-state index contributed by atoms with van der Waals surface area (Å²) in [5, 5.41) is 0. The van der Waals surface area contributed by atoms with Crippen molar-refractivity contribution in [2.45, 2.75) is 9.79 Å². The van der Waals surface area contributed by atoms with Gasteiger partial charge in [-0.25, -0.2) is 0 Å². The Kier molecular flexibility index (Phi) is 5.49. The fourth-order valence-corrected chi connectivity index (χ4v) is 3.47. The molecule has 0 N–H and O–H groups in total. The monoisotopic (exact) mass is 326 g/mol. The number of rotatable bonds is 5. The Balaban J connectivity index is 1.57. The largest absolute Gasteiger partial charge is 0.304 e. The summed E-state index contributed by atoms with van der Waals surface area (Å²) in [6.45, 7) is 4.56. The topological polar surface area (TPSA) is 23.6 Å². The molecule has 0 unspecified atom stereocenters. The van der Waals surface area contributed by atoms with Crippen molar-refractivity contribution in [1.29, 1.82) is 0 Å². The van der Waals surface area contributed by atoms with Crippen molar-refractivity contribution in [2.24, 2.45) is 0 Å². The summed E-state index contributed by atoms with van der Waals surface area (Å²) in [6.07, 6.45) is 0. The predicted molar refractivity (Wildman–Crippen MR) is 95.3 cm³/mol. The molecule has 0 spiro atoms. The number of carbonyl (C=O) groups excluding carboxylic acids is 1. The summed E-state index contributed by atoms with van der Waals surface area (Å²) in [6, 6.07) is 18.3. The molecule has 1 saturated heterocycles. The molecule has 120 valence electrons. The Morgan fingerprint density at radius 3 is 2.17 bits per heavy atom. The number of nitrogens with zero attached hydrogens (tertiary/aromatic N) is 2. The number of hydrogen-bond donors (Lipinski definition) is 0. The zero-order valence-electron chi connectivity index (χ0n) is 13.4. The van der Waals surface area contributed by atoms with Gasteiger partial charge in [0.25, 0.3) is 0 Å². The molecule has 0 atom stereocenters. The molecular weight excluding hydrogens is 304 g/mol. The smallest absolute Gasteiger partial charge is 0.176 e. The minimum atomic E-state index is 0.214. The molecule has 3 nitrogen and oxygen atoms in total. The predicted octanol–water partition coefficient (Wildman–Crippen LogP) is 3.27. The molecule has 0 amide bonds. The van der Waals surface area contributed by atoms with Crippen LogP contribution in [0.2, 0.25) is 0 Å². The highest BCUT2D eigenvalue weighted by Gasteiger charge is 2.17. The Morgan fingerprint density at radius 1 is 0.913 bits per heavy atom. The normalized spacial score (nSPS) is 16.4. The van der Waals surface area contributed by atoms with Crippen LogP contribution >= 0.6 is 11.8 Å². The molecule has 2 aromatic carbocycles. The van der Waals surface area contributed by atoms with Crippen LogP contribution in [0.5, 0.6) is 0 Å². The summed E-state index contributed by atoms with van der Waals surface area (Å²) >= 11 is 1.72. The van der Waals surface area contributed by atoms with E-state index in [9.17, 15) is 4.79 Å². The van der Waals surface area contributed by atoms with Gasteiger partial charge in [-0.05, 0) is 31.3 Å². The lowest BCUT2D eigenvalue weighted by molar-refractivity contribution is 0.0876. The average molecular weight is 326 g/mol. The Hall–Kier alpha value is -1.62. The Bertz CT molecular complexity index is 634. The third kappa shape index (κ3) is 4.67. The molecule has 1 aliphatic heterocycles. The summed E-state index contributed by atoms with van der Waals surface area (Å²) < 4.78 is 0. The molecule has 0 saturated carbocycles. The maximum atomic E-state index is 12.4. The molecule has 4 heteroatoms. The second-order valence-electron chi connectivity index (χ2n) is 5.94. The summed E-state index contributed by atoms with van der Waals surface area (Å²) in [4.78, 5) is 19.3. The molecule has 2 aromatic rings. The lowest BCUT2D eigenvalue weighted by Gasteiger charge is -2.31. The van der Waals surface area contributed by atoms with Crippen LogP contribution in [0.4, 0.5) is 0 Å². The van der Waals surface area contributed by atoms with Gasteiger partial charge in [-0.3, -0.25) is 9.69 Å². The van der Waals surface area contributed by atoms with Gasteiger partial charge >= 0.3 is 0 Å². The molecule has 0 bridgehead atoms. The van der Waals surface area contributed by atoms with Crippen molar-refractivity contribution in [2.75, 3.05) is 39.8 Å². The van der Waals surface area contributed by atoms with E-state index in [-0.39, 0.29) is 5.78 Å². The van der Waals surface area contributed by atoms with Crippen LogP contribution in [0, 0.1) is 0 Å². The molecule has 0 radical (unpaired) electrons. The summed E-state index contributed by atoms with van der Waals surface area (Å²) in [7, 11) is 2.13. The van der Waals surface area contributed by atoms with Crippen LogP contribution < -0.4 is 0 Å². The molecule has 3 rings (SSSR count). The lowest BCUT2D eigenvalue weighted by atomic mass is 10.1. The number of piperazine rings is 1. The van der Waals surface area contributed by atoms with Gasteiger partial charge in [0.15, 0.2) is 5.78 Å². The van der Waals surface area contributed by atoms with Crippen LogP contribution in [0.15, 0.2) is 64.4 Å². The van der Waals surface area contributed by atoms with Gasteiger partial charge in [-0.15, -0.1) is 0 Å². The second kappa shape index (κ2) is 7.77. The van der Waals surface area contributed by atoms with E-state index in [4.69, 9.17) is 0 Å². The van der Waals surface area contributed by atoms with Crippen molar-refractivity contribution in [3.63, 3.8) is 0 Å². The lowest BCUT2D eigenvalue weighted by Crippen LogP contribution is -2.46. The van der Waals surface area contributed by atoms with E-state index in [0.29, 0.717) is 6.54 Å². The third-order valence-electron chi connectivity index (χ3n) is 4.12. The first-order chi connectivity index (χ1) is 11.2. The van der Waals surface area contributed by atoms with Crippen molar-refractivity contribution in [3.05, 3.63) is 60.2 Å². The molecule has 0 aliphatic carbocycles. The first-order valence-corrected chi connectivity index (χ1v) is 8.79. The second-order valence-corrected chi connectivity index (χ2v) is 7.09. The van der Waals surface area contributed by atoms with Crippen molar-refractivity contribution in [3.8, 4) is 0 Å². The molecule has 23 heavy (non-hydrogen) atoms. The van der Waals surface area contributed by atoms with E-state index in [1.165, 1.54) is 4.90 Å². The fraction of sp³-hybridized carbons (Fsp3) is 0.316. The third-order valence-corrected chi connectivity index (χ3v) is 5.13. The molecule has 1 fully saturated rings. The van der Waals surface area contributed by atoms with E-state index in [1.807, 2.05) is 42.5 Å². The van der Waals surface area contributed by atoms with E-state index in [2.05, 4.69) is 29.0 Å². The van der Waals surface area contributed by atoms with Gasteiger partial charge in [0.2, 0.25) is 0 Å². The van der Waals surface area contributed by atoms with E-state index >= 15 is 0 Å². The van der Waals surface area contributed by atoms with Gasteiger partial charge in [0.1, 0.15) is 0 Å². The highest BCUT2D eigenvalue weighted by molar-refractivity contribution is 7.99. The van der Waals surface area contributed by atoms with Crippen LogP contribution in [-0.4, -0.2) is 55.4 Å². The number of ketones is 1. The highest BCUT2D eigenvalue weighted by Crippen LogP contribution is 2.27. The minimum absolute atomic E-state index is 0.214. The van der Waals surface area contributed by atoms with E-state index < -0.39 is 0 Å². The number of hydrogen-bond acceptors (Lipinski definition) is 4. The van der Waals surface area contributed by atoms with Gasteiger partial charge in [-0.2, -0.15) is 0 Å². The molecule has 1 heterocycles. The fourth-order valence-electron chi connectivity index (χ4n) is 2.63. The number of carbonyl (C=O) groups is 1. The van der Waals surface area contributed by atoms with Gasteiger partial charge in [0, 0.05) is 41.5 Å². The molecular formula is C19H22N2OS. The number of likely N-dealkylation sites (N-methyl/N-ethyl adjacent to an activating group) is 1. The van der Waals surface area contributed by atoms with Crippen LogP contribution in [0.25, 0.3) is 0 Å². The van der Waals surface area contributed by atoms with Crippen LogP contribution in [0.3, 0.4) is 0 Å². The Labute approximate surface area is 142 Å². The van der Waals surface area contributed by atoms with Gasteiger partial charge in [-0.1, -0.05) is 42.1 Å². The Morgan fingerprint density at radius 2 is 1.52 bits per heavy atom. The zero-order chi connectivity index (χ0) is 16.1. The number of Topliss-reactive ketones (excluding diaryl/α,β-unsaturated/α-hetero) is 1. The zero-order valence-corrected chi connectivity index (χ0v) is 14.3. The first kappa shape index (κ1) is 16.2. The van der Waals surface area contributed by atoms with Crippen molar-refractivity contribution < 1.29 is 4.79 Å². The van der Waals surface area contributed by atoms with Crippen LogP contribution in [0.1, 0.15) is 10.4 Å². The highest BCUT2D eigenvalue weighted by atomic mass is 32.2. The molecule has 1 aliphatic rings. The van der Waals surface area contributed by atoms with Crippen molar-refractivity contribution in [1.82, 2.24) is 9.80 Å². The van der Waals surface area contributed by atoms with Crippen molar-refractivity contribution >= 4 is 17.5 Å². The van der Waals surface area contributed by atoms with Gasteiger partial charge < -0.3 is 4.90 Å². The minimum Gasteiger partial charge on any atom is -0.304 e. The van der Waals surface area contributed by atoms with E-state index in [1.54, 1.807) is 11.8 Å². The summed E-state index contributed by atoms with van der Waals surface area (Å²) in [5.74, 6) is 0.214. The van der Waals surface area contributed by atoms with Gasteiger partial charge in [0.05, 0.1) is 6.54 Å². The molecule has 0 aromatic heterocycles. The summed E-state index contributed by atoms with van der Waals surface area (Å²) in [5.41, 5.74) is 0.807. The maximum Gasteiger partial charge on any atom is 0.176 e. The van der Waals surface area contributed by atoms with E-state index in [0.717, 1.165) is 36.6 Å². The quantitative estimate of drug-likeness (QED) is 0.787. The standard InChI is InChI=1S/C19H22N2OS/c1-20-11-13-21(14-12-20)15-19(22)16-7-9-18(10-8-16)23-17-5-3-2-4-6-17/h2-10H,11-15H2,1H3. The first-order valence-electron chi connectivity index (χ1n) is 7.98. The number of benzene rings is 2. The average Bonchev–Trinajstić information content (AvgIpc) is 2.58. The van der Waals surface area contributed by atoms with Crippen LogP contribution in [-0.2, 0) is 0 Å². The SMILES string of the molecule is CN1CCN(CC(=O)c2ccc(Sc3ccccc3)cc2)CC1.